The Labute approximate surface area is 77.3 Å². The number of rotatable bonds is 0. The molecule has 0 radical (unpaired) electrons. The van der Waals surface area contributed by atoms with Crippen LogP contribution in [0.2, 0.25) is 0 Å². The molecule has 0 saturated heterocycles. The molecular formula is C9H11NOS. The zero-order chi connectivity index (χ0) is 8.55. The van der Waals surface area contributed by atoms with Crippen LogP contribution in [0.25, 0.3) is 0 Å². The molecule has 0 bridgehead atoms. The van der Waals surface area contributed by atoms with E-state index in [1.54, 1.807) is 0 Å². The summed E-state index contributed by atoms with van der Waals surface area (Å²) in [4.78, 5) is 0.958. The Hall–Kier alpha value is -0.830. The summed E-state index contributed by atoms with van der Waals surface area (Å²) in [6.45, 7) is 2.91. The Bertz CT molecular complexity index is 301. The zero-order valence-electron chi connectivity index (χ0n) is 6.87. The molecule has 0 fully saturated rings. The SMILES string of the molecule is CC1CNc2cc(S)ccc2O1. The molecule has 0 amide bonds. The fourth-order valence-electron chi connectivity index (χ4n) is 1.27. The van der Waals surface area contributed by atoms with Gasteiger partial charge in [-0.05, 0) is 25.1 Å². The third kappa shape index (κ3) is 1.37. The largest absolute Gasteiger partial charge is 0.487 e. The zero-order valence-corrected chi connectivity index (χ0v) is 7.77. The highest BCUT2D eigenvalue weighted by Gasteiger charge is 2.14. The van der Waals surface area contributed by atoms with E-state index < -0.39 is 0 Å². The first-order valence-electron chi connectivity index (χ1n) is 3.99. The molecule has 0 spiro atoms. The predicted molar refractivity (Wildman–Crippen MR) is 52.3 cm³/mol. The molecule has 1 atom stereocenters. The molecule has 0 saturated carbocycles. The summed E-state index contributed by atoms with van der Waals surface area (Å²) < 4.78 is 5.59. The van der Waals surface area contributed by atoms with Crippen LogP contribution in [0, 0.1) is 0 Å². The van der Waals surface area contributed by atoms with Gasteiger partial charge in [0, 0.05) is 4.90 Å². The minimum Gasteiger partial charge on any atom is -0.487 e. The highest BCUT2D eigenvalue weighted by atomic mass is 32.1. The van der Waals surface area contributed by atoms with E-state index in [0.29, 0.717) is 0 Å². The Balaban J connectivity index is 2.37. The van der Waals surface area contributed by atoms with E-state index in [0.717, 1.165) is 22.9 Å². The van der Waals surface area contributed by atoms with Crippen molar-refractivity contribution in [3.8, 4) is 5.75 Å². The van der Waals surface area contributed by atoms with Crippen molar-refractivity contribution in [2.24, 2.45) is 0 Å². The van der Waals surface area contributed by atoms with E-state index in [1.807, 2.05) is 25.1 Å². The standard InChI is InChI=1S/C9H11NOS/c1-6-5-10-8-4-7(12)2-3-9(8)11-6/h2-4,6,10,12H,5H2,1H3. The highest BCUT2D eigenvalue weighted by molar-refractivity contribution is 7.80. The molecular weight excluding hydrogens is 170 g/mol. The van der Waals surface area contributed by atoms with Gasteiger partial charge in [-0.3, -0.25) is 0 Å². The molecule has 0 aliphatic carbocycles. The first-order chi connectivity index (χ1) is 5.75. The van der Waals surface area contributed by atoms with E-state index in [1.165, 1.54) is 0 Å². The third-order valence-electron chi connectivity index (χ3n) is 1.87. The van der Waals surface area contributed by atoms with Crippen LogP contribution in [0.4, 0.5) is 5.69 Å². The number of fused-ring (bicyclic) bond motifs is 1. The van der Waals surface area contributed by atoms with Crippen LogP contribution < -0.4 is 10.1 Å². The Morgan fingerprint density at radius 2 is 2.42 bits per heavy atom. The maximum Gasteiger partial charge on any atom is 0.142 e. The van der Waals surface area contributed by atoms with Crippen molar-refractivity contribution in [2.75, 3.05) is 11.9 Å². The molecule has 1 unspecified atom stereocenters. The number of hydrogen-bond acceptors (Lipinski definition) is 3. The first-order valence-corrected chi connectivity index (χ1v) is 4.44. The van der Waals surface area contributed by atoms with Crippen molar-refractivity contribution in [1.82, 2.24) is 0 Å². The smallest absolute Gasteiger partial charge is 0.142 e. The van der Waals surface area contributed by atoms with Crippen molar-refractivity contribution in [1.29, 1.82) is 0 Å². The number of benzene rings is 1. The van der Waals surface area contributed by atoms with Crippen LogP contribution in [0.3, 0.4) is 0 Å². The second-order valence-electron chi connectivity index (χ2n) is 2.99. The summed E-state index contributed by atoms with van der Waals surface area (Å²) in [5.74, 6) is 0.923. The number of anilines is 1. The lowest BCUT2D eigenvalue weighted by Crippen LogP contribution is -2.27. The Kier molecular flexibility index (Phi) is 1.89. The average molecular weight is 181 g/mol. The fraction of sp³-hybridized carbons (Fsp3) is 0.333. The van der Waals surface area contributed by atoms with Crippen molar-refractivity contribution in [3.05, 3.63) is 18.2 Å². The van der Waals surface area contributed by atoms with Crippen molar-refractivity contribution in [3.63, 3.8) is 0 Å². The molecule has 1 aromatic carbocycles. The molecule has 2 rings (SSSR count). The fourth-order valence-corrected chi connectivity index (χ4v) is 1.47. The van der Waals surface area contributed by atoms with Gasteiger partial charge in [-0.15, -0.1) is 12.6 Å². The first kappa shape index (κ1) is 7.80. The summed E-state index contributed by atoms with van der Waals surface area (Å²) in [6.07, 6.45) is 0.253. The number of thiol groups is 1. The summed E-state index contributed by atoms with van der Waals surface area (Å²) in [5.41, 5.74) is 1.04. The van der Waals surface area contributed by atoms with Crippen LogP contribution in [-0.4, -0.2) is 12.6 Å². The third-order valence-corrected chi connectivity index (χ3v) is 2.15. The maximum atomic E-state index is 5.59. The van der Waals surface area contributed by atoms with E-state index in [4.69, 9.17) is 4.74 Å². The average Bonchev–Trinajstić information content (AvgIpc) is 2.05. The molecule has 1 aromatic rings. The van der Waals surface area contributed by atoms with E-state index in [9.17, 15) is 0 Å². The topological polar surface area (TPSA) is 21.3 Å². The van der Waals surface area contributed by atoms with Crippen LogP contribution in [0.5, 0.6) is 5.75 Å². The second-order valence-corrected chi connectivity index (χ2v) is 3.51. The summed E-state index contributed by atoms with van der Waals surface area (Å²) in [6, 6.07) is 5.85. The van der Waals surface area contributed by atoms with Gasteiger partial charge in [0.15, 0.2) is 0 Å². The minimum absolute atomic E-state index is 0.253. The number of nitrogens with one attached hydrogen (secondary N) is 1. The Morgan fingerprint density at radius 3 is 3.25 bits per heavy atom. The van der Waals surface area contributed by atoms with E-state index in [-0.39, 0.29) is 6.10 Å². The van der Waals surface area contributed by atoms with Gasteiger partial charge < -0.3 is 10.1 Å². The van der Waals surface area contributed by atoms with Crippen LogP contribution in [0.1, 0.15) is 6.92 Å². The highest BCUT2D eigenvalue weighted by Crippen LogP contribution is 2.30. The molecule has 3 heteroatoms. The number of ether oxygens (including phenoxy) is 1. The normalized spacial score (nSPS) is 20.7. The monoisotopic (exact) mass is 181 g/mol. The molecule has 12 heavy (non-hydrogen) atoms. The van der Waals surface area contributed by atoms with Gasteiger partial charge in [0.1, 0.15) is 11.9 Å². The van der Waals surface area contributed by atoms with Crippen molar-refractivity contribution >= 4 is 18.3 Å². The number of hydrogen-bond donors (Lipinski definition) is 2. The molecule has 2 nitrogen and oxygen atoms in total. The quantitative estimate of drug-likeness (QED) is 0.598. The summed E-state index contributed by atoms with van der Waals surface area (Å²) in [7, 11) is 0. The van der Waals surface area contributed by atoms with Gasteiger partial charge in [0.2, 0.25) is 0 Å². The lowest BCUT2D eigenvalue weighted by Gasteiger charge is -2.24. The molecule has 1 N–H and O–H groups in total. The van der Waals surface area contributed by atoms with E-state index >= 15 is 0 Å². The van der Waals surface area contributed by atoms with Crippen molar-refractivity contribution in [2.45, 2.75) is 17.9 Å². The Morgan fingerprint density at radius 1 is 1.58 bits per heavy atom. The predicted octanol–water partition coefficient (Wildman–Crippen LogP) is 2.17. The lowest BCUT2D eigenvalue weighted by molar-refractivity contribution is 0.226. The van der Waals surface area contributed by atoms with Gasteiger partial charge in [-0.2, -0.15) is 0 Å². The minimum atomic E-state index is 0.253. The van der Waals surface area contributed by atoms with Crippen molar-refractivity contribution < 1.29 is 4.74 Å². The van der Waals surface area contributed by atoms with Crippen LogP contribution >= 0.6 is 12.6 Å². The van der Waals surface area contributed by atoms with E-state index in [2.05, 4.69) is 17.9 Å². The molecule has 0 aromatic heterocycles. The molecule has 1 aliphatic rings. The van der Waals surface area contributed by atoms with Gasteiger partial charge in [-0.1, -0.05) is 0 Å². The molecule has 64 valence electrons. The molecule has 1 aliphatic heterocycles. The second kappa shape index (κ2) is 2.90. The summed E-state index contributed by atoms with van der Waals surface area (Å²) >= 11 is 4.25. The van der Waals surface area contributed by atoms with Gasteiger partial charge in [0.05, 0.1) is 12.2 Å². The van der Waals surface area contributed by atoms with Gasteiger partial charge >= 0.3 is 0 Å². The molecule has 1 heterocycles. The van der Waals surface area contributed by atoms with Gasteiger partial charge in [-0.25, -0.2) is 0 Å². The van der Waals surface area contributed by atoms with Crippen LogP contribution in [0.15, 0.2) is 23.1 Å². The van der Waals surface area contributed by atoms with Crippen LogP contribution in [-0.2, 0) is 0 Å². The lowest BCUT2D eigenvalue weighted by atomic mass is 10.2. The van der Waals surface area contributed by atoms with Gasteiger partial charge in [0.25, 0.3) is 0 Å². The summed E-state index contributed by atoms with van der Waals surface area (Å²) in [5, 5.41) is 3.28. The maximum absolute atomic E-state index is 5.59.